The molecule has 2 heterocycles. The number of halogens is 1. The van der Waals surface area contributed by atoms with E-state index in [4.69, 9.17) is 16.3 Å². The number of fused-ring (bicyclic) bond motifs is 3. The molecule has 1 saturated heterocycles. The van der Waals surface area contributed by atoms with Gasteiger partial charge in [0, 0.05) is 11.6 Å². The molecule has 3 aromatic rings. The number of hydrogen-bond acceptors (Lipinski definition) is 2. The Bertz CT molecular complexity index is 1040. The van der Waals surface area contributed by atoms with Crippen LogP contribution in [0.4, 0.5) is 0 Å². The van der Waals surface area contributed by atoms with Crippen molar-refractivity contribution in [1.29, 1.82) is 0 Å². The molecule has 2 aliphatic rings. The molecule has 3 aromatic carbocycles. The van der Waals surface area contributed by atoms with Crippen LogP contribution in [0, 0.1) is 0 Å². The summed E-state index contributed by atoms with van der Waals surface area (Å²) in [6.45, 7) is 1.11. The van der Waals surface area contributed by atoms with Gasteiger partial charge >= 0.3 is 0 Å². The van der Waals surface area contributed by atoms with Gasteiger partial charge in [0.25, 0.3) is 5.91 Å². The second-order valence-electron chi connectivity index (χ2n) is 7.70. The summed E-state index contributed by atoms with van der Waals surface area (Å²) >= 11 is 6.43. The van der Waals surface area contributed by atoms with E-state index in [1.807, 2.05) is 65.6 Å². The molecule has 5 rings (SSSR count). The molecule has 4 heteroatoms. The van der Waals surface area contributed by atoms with E-state index in [2.05, 4.69) is 18.2 Å². The highest BCUT2D eigenvalue weighted by Crippen LogP contribution is 2.52. The summed E-state index contributed by atoms with van der Waals surface area (Å²) in [5, 5.41) is 0.682. The number of nitrogens with zero attached hydrogens (tertiary/aromatic N) is 1. The van der Waals surface area contributed by atoms with Crippen LogP contribution in [0.5, 0.6) is 0 Å². The number of carbonyl (C=O) groups is 1. The lowest BCUT2D eigenvalue weighted by Gasteiger charge is -2.57. The lowest BCUT2D eigenvalue weighted by atomic mass is 9.69. The fourth-order valence-electron chi connectivity index (χ4n) is 4.79. The average Bonchev–Trinajstić information content (AvgIpc) is 2.90. The van der Waals surface area contributed by atoms with Crippen LogP contribution in [0.25, 0.3) is 0 Å². The summed E-state index contributed by atoms with van der Waals surface area (Å²) in [4.78, 5) is 15.2. The highest BCUT2D eigenvalue weighted by molar-refractivity contribution is 6.30. The second kappa shape index (κ2) is 7.33. The van der Waals surface area contributed by atoms with E-state index >= 15 is 0 Å². The summed E-state index contributed by atoms with van der Waals surface area (Å²) < 4.78 is 6.32. The van der Waals surface area contributed by atoms with Gasteiger partial charge in [-0.05, 0) is 47.2 Å². The maximum absolute atomic E-state index is 13.2. The number of ether oxygens (including phenoxy) is 1. The predicted octanol–water partition coefficient (Wildman–Crippen LogP) is 4.96. The number of aryl methyl sites for hydroxylation is 1. The van der Waals surface area contributed by atoms with E-state index in [0.717, 1.165) is 29.5 Å². The number of β-lactam (4-membered cyclic amide) rings is 1. The summed E-state index contributed by atoms with van der Waals surface area (Å²) in [5.41, 5.74) is 3.82. The van der Waals surface area contributed by atoms with Crippen molar-refractivity contribution in [2.45, 2.75) is 31.1 Å². The minimum atomic E-state index is -0.635. The summed E-state index contributed by atoms with van der Waals surface area (Å²) in [5.74, 6) is 0.0533. The SMILES string of the molecule is O=C1[C@@H](OCc2ccccc2)[C@]2(c3ccccc3)c3cc(Cl)ccc3CCCN12. The lowest BCUT2D eigenvalue weighted by Crippen LogP contribution is -2.73. The molecule has 2 atom stereocenters. The molecule has 29 heavy (non-hydrogen) atoms. The van der Waals surface area contributed by atoms with Crippen molar-refractivity contribution in [3.63, 3.8) is 0 Å². The Morgan fingerprint density at radius 1 is 1.00 bits per heavy atom. The molecule has 0 unspecified atom stereocenters. The highest BCUT2D eigenvalue weighted by atomic mass is 35.5. The standard InChI is InChI=1S/C25H22ClNO2/c26-21-14-13-19-10-7-15-27-24(28)23(29-17-18-8-3-1-4-9-18)25(27,22(19)16-21)20-11-5-2-6-12-20/h1-6,8-9,11-14,16,23H,7,10,15,17H2/t23-,25+/m1/s1. The first-order chi connectivity index (χ1) is 14.2. The fourth-order valence-corrected chi connectivity index (χ4v) is 4.96. The number of hydrogen-bond donors (Lipinski definition) is 0. The number of rotatable bonds is 4. The van der Waals surface area contributed by atoms with Crippen LogP contribution in [0.3, 0.4) is 0 Å². The molecule has 0 bridgehead atoms. The fraction of sp³-hybridized carbons (Fsp3) is 0.240. The van der Waals surface area contributed by atoms with Crippen molar-refractivity contribution in [2.75, 3.05) is 6.54 Å². The van der Waals surface area contributed by atoms with Crippen LogP contribution in [-0.4, -0.2) is 23.5 Å². The summed E-state index contributed by atoms with van der Waals surface area (Å²) in [7, 11) is 0. The zero-order valence-electron chi connectivity index (χ0n) is 16.1. The quantitative estimate of drug-likeness (QED) is 0.576. The van der Waals surface area contributed by atoms with E-state index in [1.54, 1.807) is 0 Å². The molecule has 0 saturated carbocycles. The molecule has 1 amide bonds. The predicted molar refractivity (Wildman–Crippen MR) is 114 cm³/mol. The first-order valence-corrected chi connectivity index (χ1v) is 10.4. The third kappa shape index (κ3) is 2.88. The molecular weight excluding hydrogens is 382 g/mol. The van der Waals surface area contributed by atoms with Crippen LogP contribution >= 0.6 is 11.6 Å². The maximum Gasteiger partial charge on any atom is 0.256 e. The zero-order chi connectivity index (χ0) is 19.8. The molecule has 0 spiro atoms. The summed E-state index contributed by atoms with van der Waals surface area (Å²) in [6, 6.07) is 26.3. The molecule has 0 aromatic heterocycles. The van der Waals surface area contributed by atoms with Crippen molar-refractivity contribution >= 4 is 17.5 Å². The van der Waals surface area contributed by atoms with Crippen LogP contribution in [0.2, 0.25) is 5.02 Å². The van der Waals surface area contributed by atoms with E-state index in [0.29, 0.717) is 18.2 Å². The van der Waals surface area contributed by atoms with Crippen molar-refractivity contribution in [3.05, 3.63) is 106 Å². The van der Waals surface area contributed by atoms with Gasteiger partial charge < -0.3 is 9.64 Å². The van der Waals surface area contributed by atoms with E-state index in [-0.39, 0.29) is 5.91 Å². The van der Waals surface area contributed by atoms with Gasteiger partial charge in [-0.3, -0.25) is 4.79 Å². The molecule has 0 radical (unpaired) electrons. The van der Waals surface area contributed by atoms with Gasteiger partial charge in [-0.25, -0.2) is 0 Å². The van der Waals surface area contributed by atoms with Crippen molar-refractivity contribution in [3.8, 4) is 0 Å². The van der Waals surface area contributed by atoms with Gasteiger partial charge in [0.2, 0.25) is 0 Å². The first kappa shape index (κ1) is 18.4. The Hall–Kier alpha value is -2.62. The van der Waals surface area contributed by atoms with E-state index in [9.17, 15) is 4.79 Å². The van der Waals surface area contributed by atoms with Crippen molar-refractivity contribution < 1.29 is 9.53 Å². The Balaban J connectivity index is 1.64. The number of carbonyl (C=O) groups excluding carboxylic acids is 1. The molecular formula is C25H22ClNO2. The van der Waals surface area contributed by atoms with Gasteiger partial charge in [0.1, 0.15) is 5.54 Å². The van der Waals surface area contributed by atoms with Gasteiger partial charge in [0.15, 0.2) is 6.10 Å². The Morgan fingerprint density at radius 2 is 1.72 bits per heavy atom. The minimum absolute atomic E-state index is 0.0533. The van der Waals surface area contributed by atoms with Crippen molar-refractivity contribution in [2.24, 2.45) is 0 Å². The third-order valence-electron chi connectivity index (χ3n) is 6.08. The Morgan fingerprint density at radius 3 is 2.48 bits per heavy atom. The topological polar surface area (TPSA) is 29.5 Å². The van der Waals surface area contributed by atoms with E-state index in [1.165, 1.54) is 5.56 Å². The maximum atomic E-state index is 13.2. The number of amides is 1. The summed E-state index contributed by atoms with van der Waals surface area (Å²) in [6.07, 6.45) is 1.29. The lowest BCUT2D eigenvalue weighted by molar-refractivity contribution is -0.191. The van der Waals surface area contributed by atoms with Crippen LogP contribution in [-0.2, 0) is 28.1 Å². The normalized spacial score (nSPS) is 23.0. The van der Waals surface area contributed by atoms with Crippen molar-refractivity contribution in [1.82, 2.24) is 4.90 Å². The average molecular weight is 404 g/mol. The zero-order valence-corrected chi connectivity index (χ0v) is 16.8. The second-order valence-corrected chi connectivity index (χ2v) is 8.14. The third-order valence-corrected chi connectivity index (χ3v) is 6.31. The molecule has 0 N–H and O–H groups in total. The van der Waals surface area contributed by atoms with Gasteiger partial charge in [-0.1, -0.05) is 78.3 Å². The highest BCUT2D eigenvalue weighted by Gasteiger charge is 2.64. The molecule has 0 aliphatic carbocycles. The van der Waals surface area contributed by atoms with Gasteiger partial charge in [0.05, 0.1) is 6.61 Å². The Labute approximate surface area is 175 Å². The van der Waals surface area contributed by atoms with E-state index < -0.39 is 11.6 Å². The van der Waals surface area contributed by atoms with Gasteiger partial charge in [-0.15, -0.1) is 0 Å². The van der Waals surface area contributed by atoms with Crippen LogP contribution in [0.15, 0.2) is 78.9 Å². The number of benzene rings is 3. The largest absolute Gasteiger partial charge is 0.360 e. The smallest absolute Gasteiger partial charge is 0.256 e. The van der Waals surface area contributed by atoms with Crippen LogP contribution < -0.4 is 0 Å². The first-order valence-electron chi connectivity index (χ1n) is 10.0. The molecule has 1 fully saturated rings. The molecule has 3 nitrogen and oxygen atoms in total. The van der Waals surface area contributed by atoms with Crippen LogP contribution in [0.1, 0.15) is 28.7 Å². The Kier molecular flexibility index (Phi) is 4.65. The monoisotopic (exact) mass is 403 g/mol. The molecule has 2 aliphatic heterocycles. The molecule has 146 valence electrons. The van der Waals surface area contributed by atoms with Gasteiger partial charge in [-0.2, -0.15) is 0 Å². The minimum Gasteiger partial charge on any atom is -0.360 e.